The summed E-state index contributed by atoms with van der Waals surface area (Å²) in [5, 5.41) is 4.30. The van der Waals surface area contributed by atoms with Crippen LogP contribution in [0.25, 0.3) is 0 Å². The minimum Gasteiger partial charge on any atom is -0.352 e. The molecule has 0 aromatic heterocycles. The number of halogens is 3. The summed E-state index contributed by atoms with van der Waals surface area (Å²) in [5.74, 6) is -0.817. The fraction of sp³-hybridized carbons (Fsp3) is 0.355. The number of hydrogen-bond acceptors (Lipinski definition) is 4. The van der Waals surface area contributed by atoms with E-state index in [1.165, 1.54) is 29.2 Å². The highest BCUT2D eigenvalue weighted by Crippen LogP contribution is 2.27. The highest BCUT2D eigenvalue weighted by Gasteiger charge is 2.34. The van der Waals surface area contributed by atoms with E-state index in [1.54, 1.807) is 48.5 Å². The molecule has 1 atom stereocenters. The largest absolute Gasteiger partial charge is 0.352 e. The molecule has 1 N–H and O–H groups in total. The molecule has 1 aliphatic carbocycles. The number of para-hydroxylation sites is 1. The lowest BCUT2D eigenvalue weighted by Gasteiger charge is -2.34. The van der Waals surface area contributed by atoms with Gasteiger partial charge in [0.2, 0.25) is 11.8 Å². The third-order valence-electron chi connectivity index (χ3n) is 7.42. The van der Waals surface area contributed by atoms with Gasteiger partial charge in [-0.05, 0) is 73.4 Å². The van der Waals surface area contributed by atoms with E-state index in [2.05, 4.69) is 5.32 Å². The molecule has 0 heterocycles. The maximum atomic E-state index is 14.2. The summed E-state index contributed by atoms with van der Waals surface area (Å²) in [6.07, 6.45) is 5.32. The number of sulfonamides is 1. The molecule has 0 radical (unpaired) electrons. The van der Waals surface area contributed by atoms with Gasteiger partial charge in [-0.2, -0.15) is 0 Å². The summed E-state index contributed by atoms with van der Waals surface area (Å²) in [7, 11) is -4.18. The fourth-order valence-corrected chi connectivity index (χ4v) is 7.16. The molecule has 7 nitrogen and oxygen atoms in total. The van der Waals surface area contributed by atoms with Crippen molar-refractivity contribution in [3.05, 3.63) is 93.4 Å². The highest BCUT2D eigenvalue weighted by atomic mass is 35.5. The van der Waals surface area contributed by atoms with E-state index < -0.39 is 28.5 Å². The first-order valence-corrected chi connectivity index (χ1v) is 16.5. The molecule has 224 valence electrons. The van der Waals surface area contributed by atoms with Crippen molar-refractivity contribution >= 4 is 62.3 Å². The number of nitrogens with zero attached hydrogens (tertiary/aromatic N) is 2. The molecule has 1 fully saturated rings. The molecule has 0 saturated heterocycles. The van der Waals surface area contributed by atoms with E-state index in [4.69, 9.17) is 34.8 Å². The lowest BCUT2D eigenvalue weighted by atomic mass is 9.95. The second-order valence-electron chi connectivity index (χ2n) is 10.3. The first-order chi connectivity index (χ1) is 20.1. The van der Waals surface area contributed by atoms with Crippen LogP contribution in [0.3, 0.4) is 0 Å². The molecular weight excluding hydrogens is 617 g/mol. The highest BCUT2D eigenvalue weighted by molar-refractivity contribution is 7.92. The van der Waals surface area contributed by atoms with E-state index in [0.717, 1.165) is 36.4 Å². The maximum absolute atomic E-state index is 14.2. The molecule has 3 aromatic rings. The van der Waals surface area contributed by atoms with E-state index in [1.807, 2.05) is 6.92 Å². The average Bonchev–Trinajstić information content (AvgIpc) is 2.98. The Morgan fingerprint density at radius 3 is 2.17 bits per heavy atom. The monoisotopic (exact) mass is 649 g/mol. The van der Waals surface area contributed by atoms with E-state index >= 15 is 0 Å². The van der Waals surface area contributed by atoms with Crippen LogP contribution in [0.4, 0.5) is 5.69 Å². The predicted octanol–water partition coefficient (Wildman–Crippen LogP) is 7.10. The number of carbonyl (C=O) groups excluding carboxylic acids is 2. The number of nitrogens with one attached hydrogen (secondary N) is 1. The molecular formula is C31H34Cl3N3O4S. The summed E-state index contributed by atoms with van der Waals surface area (Å²) in [6, 6.07) is 18.3. The number of carbonyl (C=O) groups is 2. The number of hydrogen-bond donors (Lipinski definition) is 1. The molecule has 1 aliphatic rings. The van der Waals surface area contributed by atoms with Crippen LogP contribution in [0.1, 0.15) is 51.0 Å². The Balaban J connectivity index is 1.70. The molecule has 0 bridgehead atoms. The molecule has 0 spiro atoms. The summed E-state index contributed by atoms with van der Waals surface area (Å²) >= 11 is 18.6. The molecule has 3 aromatic carbocycles. The van der Waals surface area contributed by atoms with Gasteiger partial charge in [-0.15, -0.1) is 0 Å². The lowest BCUT2D eigenvalue weighted by Crippen LogP contribution is -2.54. The van der Waals surface area contributed by atoms with Crippen LogP contribution in [0.5, 0.6) is 0 Å². The Morgan fingerprint density at radius 1 is 0.905 bits per heavy atom. The van der Waals surface area contributed by atoms with Crippen molar-refractivity contribution in [3.8, 4) is 0 Å². The van der Waals surface area contributed by atoms with E-state index in [9.17, 15) is 18.0 Å². The second kappa shape index (κ2) is 14.6. The number of benzene rings is 3. The van der Waals surface area contributed by atoms with Crippen LogP contribution in [0, 0.1) is 0 Å². The molecule has 0 aliphatic heterocycles. The van der Waals surface area contributed by atoms with Crippen LogP contribution < -0.4 is 9.62 Å². The zero-order valence-corrected chi connectivity index (χ0v) is 26.4. The molecule has 11 heteroatoms. The van der Waals surface area contributed by atoms with Gasteiger partial charge in [0.05, 0.1) is 10.6 Å². The molecule has 2 amide bonds. The Kier molecular flexibility index (Phi) is 11.2. The molecule has 42 heavy (non-hydrogen) atoms. The standard InChI is InChI=1S/C31H34Cl3N3O4S/c1-2-29(31(39)35-25-9-5-3-6-10-25)36(20-22-13-14-24(33)19-28(22)34)30(38)21-37(26-11-7-4-8-12-26)42(40,41)27-17-15-23(32)16-18-27/h4,7-8,11-19,25,29H,2-3,5-6,9-10,20-21H2,1H3,(H,35,39). The SMILES string of the molecule is CCC(C(=O)NC1CCCCC1)N(Cc1ccc(Cl)cc1Cl)C(=O)CN(c1ccccc1)S(=O)(=O)c1ccc(Cl)cc1. The van der Waals surface area contributed by atoms with Crippen LogP contribution in [-0.4, -0.2) is 43.8 Å². The fourth-order valence-electron chi connectivity index (χ4n) is 5.15. The van der Waals surface area contributed by atoms with E-state index in [-0.39, 0.29) is 23.4 Å². The molecule has 4 rings (SSSR count). The first kappa shape index (κ1) is 32.1. The minimum absolute atomic E-state index is 0.00491. The van der Waals surface area contributed by atoms with Crippen molar-refractivity contribution in [2.24, 2.45) is 0 Å². The Morgan fingerprint density at radius 2 is 1.55 bits per heavy atom. The van der Waals surface area contributed by atoms with Crippen molar-refractivity contribution in [2.45, 2.75) is 69.0 Å². The first-order valence-electron chi connectivity index (χ1n) is 14.0. The van der Waals surface area contributed by atoms with Crippen molar-refractivity contribution in [3.63, 3.8) is 0 Å². The number of rotatable bonds is 11. The Bertz CT molecular complexity index is 1480. The summed E-state index contributed by atoms with van der Waals surface area (Å²) in [4.78, 5) is 29.2. The third-order valence-corrected chi connectivity index (χ3v) is 10.0. The zero-order valence-electron chi connectivity index (χ0n) is 23.3. The second-order valence-corrected chi connectivity index (χ2v) is 13.5. The average molecular weight is 651 g/mol. The van der Waals surface area contributed by atoms with Gasteiger partial charge in [0.25, 0.3) is 10.0 Å². The number of anilines is 1. The smallest absolute Gasteiger partial charge is 0.264 e. The van der Waals surface area contributed by atoms with Gasteiger partial charge < -0.3 is 10.2 Å². The van der Waals surface area contributed by atoms with Crippen LogP contribution in [0.15, 0.2) is 77.7 Å². The van der Waals surface area contributed by atoms with Crippen molar-refractivity contribution in [2.75, 3.05) is 10.8 Å². The molecule has 1 saturated carbocycles. The number of amides is 2. The predicted molar refractivity (Wildman–Crippen MR) is 169 cm³/mol. The Labute approximate surface area is 262 Å². The quantitative estimate of drug-likeness (QED) is 0.240. The van der Waals surface area contributed by atoms with Gasteiger partial charge >= 0.3 is 0 Å². The Hall–Kier alpha value is -2.78. The third kappa shape index (κ3) is 7.98. The molecule has 1 unspecified atom stereocenters. The van der Waals surface area contributed by atoms with Crippen molar-refractivity contribution in [1.29, 1.82) is 0 Å². The van der Waals surface area contributed by atoms with Crippen molar-refractivity contribution < 1.29 is 18.0 Å². The van der Waals surface area contributed by atoms with Gasteiger partial charge in [-0.25, -0.2) is 8.42 Å². The normalized spacial score (nSPS) is 14.7. The van der Waals surface area contributed by atoms with Gasteiger partial charge in [0.15, 0.2) is 0 Å². The summed E-state index contributed by atoms with van der Waals surface area (Å²) < 4.78 is 28.8. The summed E-state index contributed by atoms with van der Waals surface area (Å²) in [6.45, 7) is 1.29. The van der Waals surface area contributed by atoms with E-state index in [0.29, 0.717) is 32.7 Å². The van der Waals surface area contributed by atoms with Crippen LogP contribution in [-0.2, 0) is 26.2 Å². The topological polar surface area (TPSA) is 86.8 Å². The zero-order chi connectivity index (χ0) is 30.3. The van der Waals surface area contributed by atoms with Gasteiger partial charge in [0.1, 0.15) is 12.6 Å². The van der Waals surface area contributed by atoms with Crippen molar-refractivity contribution in [1.82, 2.24) is 10.2 Å². The summed E-state index contributed by atoms with van der Waals surface area (Å²) in [5.41, 5.74) is 0.898. The van der Waals surface area contributed by atoms with Crippen LogP contribution >= 0.6 is 34.8 Å². The van der Waals surface area contributed by atoms with Gasteiger partial charge in [0, 0.05) is 27.7 Å². The maximum Gasteiger partial charge on any atom is 0.264 e. The van der Waals surface area contributed by atoms with Gasteiger partial charge in [-0.1, -0.05) is 85.3 Å². The minimum atomic E-state index is -4.18. The van der Waals surface area contributed by atoms with Gasteiger partial charge in [-0.3, -0.25) is 13.9 Å². The lowest BCUT2D eigenvalue weighted by molar-refractivity contribution is -0.140. The van der Waals surface area contributed by atoms with Crippen LogP contribution in [0.2, 0.25) is 15.1 Å².